The molecule has 0 radical (unpaired) electrons. The Balaban J connectivity index is 3.12. The summed E-state index contributed by atoms with van der Waals surface area (Å²) >= 11 is 0. The maximum Gasteiger partial charge on any atom is 0.302 e. The lowest BCUT2D eigenvalue weighted by Crippen LogP contribution is -1.98. The molecule has 0 aromatic rings. The van der Waals surface area contributed by atoms with Crippen molar-refractivity contribution >= 4 is 5.97 Å². The molecule has 2 nitrogen and oxygen atoms in total. The van der Waals surface area contributed by atoms with Gasteiger partial charge < -0.3 is 4.74 Å². The highest BCUT2D eigenvalue weighted by atomic mass is 16.5. The Morgan fingerprint density at radius 1 is 0.727 bits per heavy atom. The van der Waals surface area contributed by atoms with Gasteiger partial charge in [0.1, 0.15) is 0 Å². The van der Waals surface area contributed by atoms with E-state index in [9.17, 15) is 4.79 Å². The smallest absolute Gasteiger partial charge is 0.302 e. The third kappa shape index (κ3) is 18.9. The average molecular weight is 309 g/mol. The largest absolute Gasteiger partial charge is 0.466 e. The van der Waals surface area contributed by atoms with E-state index < -0.39 is 0 Å². The standard InChI is InChI=1S/C20H36O2/c1-3-4-5-6-7-8-9-10-11-12-13-14-15-16-17-18-19-22-20(2)21/h6-7,16-17H,3-5,8-15,18-19H2,1-2H3/b7-6?,17-16+. The van der Waals surface area contributed by atoms with Gasteiger partial charge in [0, 0.05) is 6.92 Å². The van der Waals surface area contributed by atoms with Crippen LogP contribution in [0.15, 0.2) is 24.3 Å². The minimum absolute atomic E-state index is 0.190. The van der Waals surface area contributed by atoms with Crippen LogP contribution in [-0.2, 0) is 9.53 Å². The van der Waals surface area contributed by atoms with Gasteiger partial charge in [-0.3, -0.25) is 4.79 Å². The molecule has 0 aliphatic rings. The number of unbranched alkanes of at least 4 members (excludes halogenated alkanes) is 9. The first-order valence-electron chi connectivity index (χ1n) is 9.20. The first-order chi connectivity index (χ1) is 10.8. The van der Waals surface area contributed by atoms with Crippen molar-refractivity contribution in [3.8, 4) is 0 Å². The second-order valence-corrected chi connectivity index (χ2v) is 5.91. The summed E-state index contributed by atoms with van der Waals surface area (Å²) in [6.45, 7) is 4.21. The minimum Gasteiger partial charge on any atom is -0.466 e. The summed E-state index contributed by atoms with van der Waals surface area (Å²) in [6.07, 6.45) is 24.2. The van der Waals surface area contributed by atoms with Crippen molar-refractivity contribution in [2.45, 2.75) is 90.9 Å². The number of hydrogen-bond acceptors (Lipinski definition) is 2. The predicted molar refractivity (Wildman–Crippen MR) is 96.0 cm³/mol. The van der Waals surface area contributed by atoms with Crippen molar-refractivity contribution in [2.24, 2.45) is 0 Å². The molecule has 0 heterocycles. The minimum atomic E-state index is -0.190. The Kier molecular flexibility index (Phi) is 17.1. The zero-order valence-corrected chi connectivity index (χ0v) is 14.8. The molecule has 0 aliphatic heterocycles. The molecule has 0 fully saturated rings. The van der Waals surface area contributed by atoms with Crippen LogP contribution in [0.2, 0.25) is 0 Å². The van der Waals surface area contributed by atoms with Gasteiger partial charge in [0.15, 0.2) is 0 Å². The fourth-order valence-corrected chi connectivity index (χ4v) is 2.30. The molecule has 0 N–H and O–H groups in total. The van der Waals surface area contributed by atoms with Gasteiger partial charge in [0.05, 0.1) is 6.61 Å². The zero-order chi connectivity index (χ0) is 16.3. The van der Waals surface area contributed by atoms with Crippen molar-refractivity contribution in [1.82, 2.24) is 0 Å². The maximum atomic E-state index is 10.6. The van der Waals surface area contributed by atoms with Gasteiger partial charge in [-0.2, -0.15) is 0 Å². The number of allylic oxidation sites excluding steroid dienone is 3. The van der Waals surface area contributed by atoms with E-state index in [0.29, 0.717) is 6.61 Å². The molecule has 128 valence electrons. The van der Waals surface area contributed by atoms with Gasteiger partial charge >= 0.3 is 5.97 Å². The van der Waals surface area contributed by atoms with Crippen molar-refractivity contribution in [3.63, 3.8) is 0 Å². The topological polar surface area (TPSA) is 26.3 Å². The lowest BCUT2D eigenvalue weighted by atomic mass is 10.1. The first kappa shape index (κ1) is 20.9. The van der Waals surface area contributed by atoms with E-state index in [4.69, 9.17) is 4.74 Å². The SMILES string of the molecule is CCCCC=CCCCCCCCC/C=C/CCOC(C)=O. The first-order valence-corrected chi connectivity index (χ1v) is 9.20. The summed E-state index contributed by atoms with van der Waals surface area (Å²) in [4.78, 5) is 10.6. The van der Waals surface area contributed by atoms with E-state index in [1.807, 2.05) is 0 Å². The van der Waals surface area contributed by atoms with Gasteiger partial charge in [-0.25, -0.2) is 0 Å². The van der Waals surface area contributed by atoms with Crippen LogP contribution in [0, 0.1) is 0 Å². The molecule has 0 atom stereocenters. The number of rotatable bonds is 15. The molecule has 0 spiro atoms. The molecule has 0 bridgehead atoms. The number of carbonyl (C=O) groups is 1. The molecule has 22 heavy (non-hydrogen) atoms. The zero-order valence-electron chi connectivity index (χ0n) is 14.8. The van der Waals surface area contributed by atoms with Gasteiger partial charge in [-0.05, 0) is 38.5 Å². The molecule has 0 amide bonds. The van der Waals surface area contributed by atoms with Crippen molar-refractivity contribution in [1.29, 1.82) is 0 Å². The van der Waals surface area contributed by atoms with E-state index in [1.54, 1.807) is 0 Å². The summed E-state index contributed by atoms with van der Waals surface area (Å²) in [5.41, 5.74) is 0. The highest BCUT2D eigenvalue weighted by molar-refractivity contribution is 5.65. The van der Waals surface area contributed by atoms with Crippen molar-refractivity contribution in [3.05, 3.63) is 24.3 Å². The lowest BCUT2D eigenvalue weighted by molar-refractivity contribution is -0.140. The molecule has 0 aliphatic carbocycles. The maximum absolute atomic E-state index is 10.6. The van der Waals surface area contributed by atoms with E-state index in [0.717, 1.165) is 12.8 Å². The van der Waals surface area contributed by atoms with E-state index in [1.165, 1.54) is 71.1 Å². The number of hydrogen-bond donors (Lipinski definition) is 0. The molecule has 0 saturated heterocycles. The second kappa shape index (κ2) is 18.0. The molecule has 0 saturated carbocycles. The summed E-state index contributed by atoms with van der Waals surface area (Å²) < 4.78 is 4.87. The molecule has 0 aromatic heterocycles. The summed E-state index contributed by atoms with van der Waals surface area (Å²) in [5.74, 6) is -0.190. The molecular formula is C20H36O2. The summed E-state index contributed by atoms with van der Waals surface area (Å²) in [6, 6.07) is 0. The molecule has 0 rings (SSSR count). The number of esters is 1. The Bertz CT molecular complexity index is 292. The van der Waals surface area contributed by atoms with Crippen LogP contribution in [0.3, 0.4) is 0 Å². The third-order valence-electron chi connectivity index (χ3n) is 3.64. The second-order valence-electron chi connectivity index (χ2n) is 5.91. The third-order valence-corrected chi connectivity index (χ3v) is 3.64. The van der Waals surface area contributed by atoms with E-state index in [2.05, 4.69) is 31.2 Å². The highest BCUT2D eigenvalue weighted by Crippen LogP contribution is 2.09. The molecule has 2 heteroatoms. The molecule has 0 unspecified atom stereocenters. The van der Waals surface area contributed by atoms with Crippen molar-refractivity contribution < 1.29 is 9.53 Å². The number of ether oxygens (including phenoxy) is 1. The monoisotopic (exact) mass is 308 g/mol. The van der Waals surface area contributed by atoms with E-state index in [-0.39, 0.29) is 5.97 Å². The van der Waals surface area contributed by atoms with Gasteiger partial charge in [-0.15, -0.1) is 0 Å². The van der Waals surface area contributed by atoms with Crippen LogP contribution in [0.1, 0.15) is 90.9 Å². The van der Waals surface area contributed by atoms with Crippen molar-refractivity contribution in [2.75, 3.05) is 6.61 Å². The molecular weight excluding hydrogens is 272 g/mol. The lowest BCUT2D eigenvalue weighted by Gasteiger charge is -2.00. The summed E-state index contributed by atoms with van der Waals surface area (Å²) in [5, 5.41) is 0. The van der Waals surface area contributed by atoms with Crippen LogP contribution < -0.4 is 0 Å². The normalized spacial score (nSPS) is 11.5. The van der Waals surface area contributed by atoms with Crippen LogP contribution in [0.25, 0.3) is 0 Å². The predicted octanol–water partition coefficient (Wildman–Crippen LogP) is 6.36. The fraction of sp³-hybridized carbons (Fsp3) is 0.750. The summed E-state index contributed by atoms with van der Waals surface area (Å²) in [7, 11) is 0. The van der Waals surface area contributed by atoms with Gasteiger partial charge in [0.2, 0.25) is 0 Å². The molecule has 0 aromatic carbocycles. The Morgan fingerprint density at radius 3 is 1.68 bits per heavy atom. The Hall–Kier alpha value is -1.05. The Morgan fingerprint density at radius 2 is 1.18 bits per heavy atom. The van der Waals surface area contributed by atoms with Gasteiger partial charge in [-0.1, -0.05) is 69.8 Å². The highest BCUT2D eigenvalue weighted by Gasteiger charge is 1.91. The van der Waals surface area contributed by atoms with E-state index >= 15 is 0 Å². The quantitative estimate of drug-likeness (QED) is 0.200. The van der Waals surface area contributed by atoms with Crippen LogP contribution in [0.4, 0.5) is 0 Å². The van der Waals surface area contributed by atoms with Crippen LogP contribution >= 0.6 is 0 Å². The van der Waals surface area contributed by atoms with Crippen LogP contribution in [-0.4, -0.2) is 12.6 Å². The van der Waals surface area contributed by atoms with Gasteiger partial charge in [0.25, 0.3) is 0 Å². The average Bonchev–Trinajstić information content (AvgIpc) is 2.50. The Labute approximate surface area is 138 Å². The fourth-order valence-electron chi connectivity index (χ4n) is 2.30. The number of carbonyl (C=O) groups excluding carboxylic acids is 1. The van der Waals surface area contributed by atoms with Crippen LogP contribution in [0.5, 0.6) is 0 Å².